The van der Waals surface area contributed by atoms with E-state index in [4.69, 9.17) is 0 Å². The van der Waals surface area contributed by atoms with Crippen molar-refractivity contribution in [3.63, 3.8) is 0 Å². The predicted molar refractivity (Wildman–Crippen MR) is 139 cm³/mol. The van der Waals surface area contributed by atoms with Crippen LogP contribution >= 0.6 is 0 Å². The van der Waals surface area contributed by atoms with Gasteiger partial charge in [-0.3, -0.25) is 13.9 Å². The van der Waals surface area contributed by atoms with Gasteiger partial charge in [0.2, 0.25) is 5.95 Å². The van der Waals surface area contributed by atoms with Gasteiger partial charge in [0.05, 0.1) is 12.6 Å². The number of benzene rings is 2. The van der Waals surface area contributed by atoms with E-state index in [2.05, 4.69) is 15.6 Å². The maximum atomic E-state index is 13.0. The number of aliphatic hydroxyl groups is 1. The number of aliphatic hydroxyl groups excluding tert-OH is 1. The molecule has 4 N–H and O–H groups in total. The molecule has 4 aromatic rings. The molecule has 0 spiro atoms. The van der Waals surface area contributed by atoms with Crippen LogP contribution in [0.1, 0.15) is 18.1 Å². The molecule has 0 saturated heterocycles. The van der Waals surface area contributed by atoms with Crippen molar-refractivity contribution in [1.29, 1.82) is 0 Å². The number of nitrogens with zero attached hydrogens (tertiary/aromatic N) is 4. The number of hydrogen-bond donors (Lipinski definition) is 4. The number of aryl methyl sites for hydroxylation is 1. The van der Waals surface area contributed by atoms with Gasteiger partial charge in [0.1, 0.15) is 5.75 Å². The first-order valence-electron chi connectivity index (χ1n) is 11.9. The summed E-state index contributed by atoms with van der Waals surface area (Å²) in [5.74, 6) is 0.631. The maximum Gasteiger partial charge on any atom is 0.332 e. The molecule has 0 amide bonds. The van der Waals surface area contributed by atoms with Crippen molar-refractivity contribution in [3.05, 3.63) is 86.6 Å². The summed E-state index contributed by atoms with van der Waals surface area (Å²) in [7, 11) is 3.01. The lowest BCUT2D eigenvalue weighted by molar-refractivity contribution is 0.150. The number of aromatic nitrogens is 4. The second kappa shape index (κ2) is 10.8. The van der Waals surface area contributed by atoms with E-state index in [0.29, 0.717) is 19.0 Å². The highest BCUT2D eigenvalue weighted by Gasteiger charge is 2.21. The fraction of sp³-hybridized carbons (Fsp3) is 0.346. The first kappa shape index (κ1) is 25.2. The third-order valence-electron chi connectivity index (χ3n) is 6.21. The van der Waals surface area contributed by atoms with Crippen molar-refractivity contribution in [2.24, 2.45) is 14.1 Å². The standard InChI is InChI=1S/C26H32N6O4/c1-17(13-18-9-11-20(33)12-10-18)27-15-21(34)16-32-22-23(30(2)26(36)31(3)24(22)35)29-25(32)28-14-19-7-5-4-6-8-19/h4-12,17,21,27,33-34H,13-16H2,1-3H3,(H,28,29). The molecule has 2 aromatic heterocycles. The lowest BCUT2D eigenvalue weighted by atomic mass is 10.1. The number of rotatable bonds is 10. The first-order chi connectivity index (χ1) is 17.2. The summed E-state index contributed by atoms with van der Waals surface area (Å²) in [5, 5.41) is 26.9. The Kier molecular flexibility index (Phi) is 7.56. The molecule has 0 saturated carbocycles. The van der Waals surface area contributed by atoms with Gasteiger partial charge in [-0.25, -0.2) is 4.79 Å². The van der Waals surface area contributed by atoms with Gasteiger partial charge < -0.3 is 25.4 Å². The number of phenolic OH excluding ortho intramolecular Hbond substituents is 1. The van der Waals surface area contributed by atoms with E-state index in [1.807, 2.05) is 49.4 Å². The molecule has 0 aliphatic rings. The molecule has 2 atom stereocenters. The lowest BCUT2D eigenvalue weighted by Crippen LogP contribution is -2.39. The molecular formula is C26H32N6O4. The largest absolute Gasteiger partial charge is 0.508 e. The molecule has 0 radical (unpaired) electrons. The normalized spacial score (nSPS) is 13.1. The van der Waals surface area contributed by atoms with Crippen LogP contribution in [0, 0.1) is 0 Å². The van der Waals surface area contributed by atoms with Crippen LogP contribution in [-0.2, 0) is 33.6 Å². The molecular weight excluding hydrogens is 460 g/mol. The van der Waals surface area contributed by atoms with Crippen LogP contribution < -0.4 is 21.9 Å². The van der Waals surface area contributed by atoms with Crippen molar-refractivity contribution in [3.8, 4) is 5.75 Å². The van der Waals surface area contributed by atoms with Crippen molar-refractivity contribution >= 4 is 17.1 Å². The molecule has 36 heavy (non-hydrogen) atoms. The maximum absolute atomic E-state index is 13.0. The third kappa shape index (κ3) is 5.50. The molecule has 10 heteroatoms. The molecule has 10 nitrogen and oxygen atoms in total. The molecule has 2 unspecified atom stereocenters. The summed E-state index contributed by atoms with van der Waals surface area (Å²) in [5.41, 5.74) is 1.69. The Balaban J connectivity index is 1.54. The molecule has 190 valence electrons. The third-order valence-corrected chi connectivity index (χ3v) is 6.21. The highest BCUT2D eigenvalue weighted by Crippen LogP contribution is 2.17. The second-order valence-corrected chi connectivity index (χ2v) is 9.10. The summed E-state index contributed by atoms with van der Waals surface area (Å²) in [6, 6.07) is 16.9. The van der Waals surface area contributed by atoms with E-state index in [0.717, 1.165) is 22.1 Å². The summed E-state index contributed by atoms with van der Waals surface area (Å²) in [6.45, 7) is 2.89. The van der Waals surface area contributed by atoms with Crippen molar-refractivity contribution < 1.29 is 10.2 Å². The minimum absolute atomic E-state index is 0.0769. The van der Waals surface area contributed by atoms with Crippen LogP contribution in [0.4, 0.5) is 5.95 Å². The highest BCUT2D eigenvalue weighted by atomic mass is 16.3. The zero-order chi connectivity index (χ0) is 25.8. The SMILES string of the molecule is CC(Cc1ccc(O)cc1)NCC(O)Cn1c(NCc2ccccc2)nc2c1c(=O)n(C)c(=O)n2C. The zero-order valence-electron chi connectivity index (χ0n) is 20.7. The molecule has 2 heterocycles. The molecule has 0 aliphatic carbocycles. The van der Waals surface area contributed by atoms with E-state index >= 15 is 0 Å². The Hall–Kier alpha value is -3.89. The summed E-state index contributed by atoms with van der Waals surface area (Å²) >= 11 is 0. The fourth-order valence-electron chi connectivity index (χ4n) is 4.21. The van der Waals surface area contributed by atoms with E-state index in [9.17, 15) is 19.8 Å². The Bertz CT molecular complexity index is 1440. The Morgan fingerprint density at radius 1 is 0.972 bits per heavy atom. The van der Waals surface area contributed by atoms with Gasteiger partial charge in [-0.05, 0) is 36.6 Å². The smallest absolute Gasteiger partial charge is 0.332 e. The fourth-order valence-corrected chi connectivity index (χ4v) is 4.21. The monoisotopic (exact) mass is 492 g/mol. The minimum atomic E-state index is -0.816. The summed E-state index contributed by atoms with van der Waals surface area (Å²) in [4.78, 5) is 30.0. The number of phenols is 1. The molecule has 0 aliphatic heterocycles. The van der Waals surface area contributed by atoms with Crippen LogP contribution in [0.3, 0.4) is 0 Å². The quantitative estimate of drug-likeness (QED) is 0.263. The van der Waals surface area contributed by atoms with Gasteiger partial charge in [0.25, 0.3) is 5.56 Å². The Morgan fingerprint density at radius 3 is 2.36 bits per heavy atom. The van der Waals surface area contributed by atoms with Gasteiger partial charge in [-0.1, -0.05) is 42.5 Å². The summed E-state index contributed by atoms with van der Waals surface area (Å²) < 4.78 is 4.04. The Morgan fingerprint density at radius 2 is 1.67 bits per heavy atom. The molecule has 0 bridgehead atoms. The van der Waals surface area contributed by atoms with Crippen molar-refractivity contribution in [2.45, 2.75) is 38.6 Å². The predicted octanol–water partition coefficient (Wildman–Crippen LogP) is 1.33. The van der Waals surface area contributed by atoms with Crippen LogP contribution in [0.2, 0.25) is 0 Å². The average molecular weight is 493 g/mol. The van der Waals surface area contributed by atoms with E-state index < -0.39 is 17.4 Å². The number of nitrogens with one attached hydrogen (secondary N) is 2. The van der Waals surface area contributed by atoms with Crippen LogP contribution in [0.25, 0.3) is 11.2 Å². The molecule has 2 aromatic carbocycles. The number of aromatic hydroxyl groups is 1. The zero-order valence-corrected chi connectivity index (χ0v) is 20.7. The van der Waals surface area contributed by atoms with Gasteiger partial charge in [-0.15, -0.1) is 0 Å². The van der Waals surface area contributed by atoms with Crippen LogP contribution in [0.5, 0.6) is 5.75 Å². The summed E-state index contributed by atoms with van der Waals surface area (Å²) in [6.07, 6.45) is -0.0861. The van der Waals surface area contributed by atoms with Crippen LogP contribution in [-0.4, -0.2) is 47.6 Å². The highest BCUT2D eigenvalue weighted by molar-refractivity contribution is 5.74. The van der Waals surface area contributed by atoms with Crippen LogP contribution in [0.15, 0.2) is 64.2 Å². The van der Waals surface area contributed by atoms with Crippen molar-refractivity contribution in [1.82, 2.24) is 24.0 Å². The van der Waals surface area contributed by atoms with Crippen molar-refractivity contribution in [2.75, 3.05) is 11.9 Å². The number of hydrogen-bond acceptors (Lipinski definition) is 7. The second-order valence-electron chi connectivity index (χ2n) is 9.10. The van der Waals surface area contributed by atoms with Gasteiger partial charge in [0.15, 0.2) is 11.2 Å². The van der Waals surface area contributed by atoms with E-state index in [-0.39, 0.29) is 29.5 Å². The van der Waals surface area contributed by atoms with Gasteiger partial charge >= 0.3 is 5.69 Å². The lowest BCUT2D eigenvalue weighted by Gasteiger charge is -2.19. The Labute approximate surface area is 208 Å². The topological polar surface area (TPSA) is 126 Å². The first-order valence-corrected chi connectivity index (χ1v) is 11.9. The van der Waals surface area contributed by atoms with Gasteiger partial charge in [0, 0.05) is 33.2 Å². The number of imidazole rings is 1. The number of anilines is 1. The molecule has 4 rings (SSSR count). The number of fused-ring (bicyclic) bond motifs is 1. The minimum Gasteiger partial charge on any atom is -0.508 e. The molecule has 0 fully saturated rings. The van der Waals surface area contributed by atoms with Gasteiger partial charge in [-0.2, -0.15) is 4.98 Å². The van der Waals surface area contributed by atoms with E-state index in [1.165, 1.54) is 11.6 Å². The average Bonchev–Trinajstić information content (AvgIpc) is 3.23. The van der Waals surface area contributed by atoms with E-state index in [1.54, 1.807) is 23.7 Å².